The Hall–Kier alpha value is -13.3. The van der Waals surface area contributed by atoms with E-state index in [1.807, 2.05) is 0 Å². The highest BCUT2D eigenvalue weighted by molar-refractivity contribution is 6.14. The van der Waals surface area contributed by atoms with Crippen molar-refractivity contribution in [1.82, 2.24) is 18.3 Å². The third kappa shape index (κ3) is 10.1. The van der Waals surface area contributed by atoms with Crippen LogP contribution in [0, 0.1) is 0 Å². The molecular formula is C96H64N4. The van der Waals surface area contributed by atoms with Crippen molar-refractivity contribution in [2.45, 2.75) is 0 Å². The van der Waals surface area contributed by atoms with Crippen molar-refractivity contribution in [3.8, 4) is 89.5 Å². The molecule has 0 aliphatic rings. The number of hydrogen-bond donors (Lipinski definition) is 0. The SMILES string of the molecule is c1ccc(-c2ccc(-c3cccc(-n4c5ccccc5c5ccc(-c6ccc7c8ccccc8n(-c8ccccc8)c7c6)cc54)c3)cc2)cc1.c1ccc(-c2cccc(-c3cccc(-n4c5ccccc5c5ccc(-c6ccc7c8ccccc8n(-c8ccccc8)c7c6)cc54)c3)c2)cc1. The second-order valence-electron chi connectivity index (χ2n) is 26.0. The van der Waals surface area contributed by atoms with Crippen LogP contribution in [0.15, 0.2) is 388 Å². The van der Waals surface area contributed by atoms with Crippen LogP contribution in [-0.4, -0.2) is 18.3 Å². The second kappa shape index (κ2) is 24.4. The van der Waals surface area contributed by atoms with Crippen molar-refractivity contribution in [3.05, 3.63) is 388 Å². The van der Waals surface area contributed by atoms with Gasteiger partial charge in [-0.25, -0.2) is 0 Å². The Labute approximate surface area is 579 Å². The normalized spacial score (nSPS) is 11.6. The molecule has 0 spiro atoms. The van der Waals surface area contributed by atoms with Gasteiger partial charge in [0.2, 0.25) is 0 Å². The van der Waals surface area contributed by atoms with Crippen LogP contribution < -0.4 is 0 Å². The molecule has 20 aromatic rings. The fourth-order valence-electron chi connectivity index (χ4n) is 15.5. The third-order valence-electron chi connectivity index (χ3n) is 20.2. The summed E-state index contributed by atoms with van der Waals surface area (Å²) in [4.78, 5) is 0. The van der Waals surface area contributed by atoms with Crippen LogP contribution in [0.2, 0.25) is 0 Å². The Balaban J connectivity index is 0.000000139. The Morgan fingerprint density at radius 1 is 0.110 bits per heavy atom. The first-order valence-corrected chi connectivity index (χ1v) is 34.4. The Kier molecular flexibility index (Phi) is 14.2. The number of hydrogen-bond acceptors (Lipinski definition) is 0. The molecule has 0 radical (unpaired) electrons. The zero-order chi connectivity index (χ0) is 66.0. The molecule has 0 saturated heterocycles. The molecule has 0 N–H and O–H groups in total. The third-order valence-corrected chi connectivity index (χ3v) is 20.2. The molecule has 0 atom stereocenters. The smallest absolute Gasteiger partial charge is 0.0547 e. The number of rotatable bonds is 10. The minimum absolute atomic E-state index is 1.15. The van der Waals surface area contributed by atoms with E-state index in [2.05, 4.69) is 407 Å². The Morgan fingerprint density at radius 2 is 0.310 bits per heavy atom. The van der Waals surface area contributed by atoms with Gasteiger partial charge < -0.3 is 18.3 Å². The van der Waals surface area contributed by atoms with Gasteiger partial charge in [0.1, 0.15) is 0 Å². The van der Waals surface area contributed by atoms with Crippen LogP contribution >= 0.6 is 0 Å². The van der Waals surface area contributed by atoms with Crippen molar-refractivity contribution in [3.63, 3.8) is 0 Å². The Bertz CT molecular complexity index is 6490. The molecule has 4 nitrogen and oxygen atoms in total. The van der Waals surface area contributed by atoms with Gasteiger partial charge in [-0.05, 0) is 170 Å². The number of aromatic nitrogens is 4. The fraction of sp³-hybridized carbons (Fsp3) is 0. The standard InChI is InChI=1S/2C48H32N2/c1-3-13-33(14-4-1)34-15-11-16-35(29-34)36-17-12-20-40(30-36)50-46-24-10-8-22-42(46)44-28-26-38(32-48(44)50)37-25-27-43-41-21-7-9-23-45(41)49(47(43)31-37)39-18-5-2-6-19-39;1-3-12-33(13-4-1)34-22-24-35(25-23-34)36-14-11-17-40(30-36)50-46-21-10-8-19-42(46)44-29-27-38(32-48(44)50)37-26-28-43-41-18-7-9-20-45(41)49(47(43)31-37)39-15-5-2-6-16-39/h2*1-32H. The lowest BCUT2D eigenvalue weighted by atomic mass is 9.99. The maximum absolute atomic E-state index is 2.43. The van der Waals surface area contributed by atoms with Crippen LogP contribution in [0.4, 0.5) is 0 Å². The summed E-state index contributed by atoms with van der Waals surface area (Å²) in [5.41, 5.74) is 28.8. The molecule has 0 amide bonds. The van der Waals surface area contributed by atoms with Gasteiger partial charge in [-0.1, -0.05) is 285 Å². The van der Waals surface area contributed by atoms with Crippen LogP contribution in [0.1, 0.15) is 0 Å². The lowest BCUT2D eigenvalue weighted by molar-refractivity contribution is 1.18. The van der Waals surface area contributed by atoms with E-state index in [4.69, 9.17) is 0 Å². The minimum atomic E-state index is 1.15. The van der Waals surface area contributed by atoms with Gasteiger partial charge in [-0.15, -0.1) is 0 Å². The van der Waals surface area contributed by atoms with Gasteiger partial charge in [-0.2, -0.15) is 0 Å². The predicted octanol–water partition coefficient (Wildman–Crippen LogP) is 25.8. The molecule has 468 valence electrons. The van der Waals surface area contributed by atoms with Gasteiger partial charge in [-0.3, -0.25) is 0 Å². The van der Waals surface area contributed by atoms with Gasteiger partial charge in [0, 0.05) is 65.8 Å². The molecule has 0 unspecified atom stereocenters. The van der Waals surface area contributed by atoms with E-state index in [1.165, 1.54) is 165 Å². The average molecular weight is 1270 g/mol. The first-order valence-electron chi connectivity index (χ1n) is 34.4. The quantitative estimate of drug-likeness (QED) is 0.130. The molecule has 0 bridgehead atoms. The molecule has 100 heavy (non-hydrogen) atoms. The van der Waals surface area contributed by atoms with Gasteiger partial charge >= 0.3 is 0 Å². The lowest BCUT2D eigenvalue weighted by Gasteiger charge is -2.12. The lowest BCUT2D eigenvalue weighted by Crippen LogP contribution is -1.95. The summed E-state index contributed by atoms with van der Waals surface area (Å²) < 4.78 is 9.64. The Morgan fingerprint density at radius 3 is 0.670 bits per heavy atom. The summed E-state index contributed by atoms with van der Waals surface area (Å²) in [6, 6.07) is 141. The van der Waals surface area contributed by atoms with E-state index in [1.54, 1.807) is 0 Å². The van der Waals surface area contributed by atoms with Crippen LogP contribution in [-0.2, 0) is 0 Å². The van der Waals surface area contributed by atoms with Gasteiger partial charge in [0.15, 0.2) is 0 Å². The monoisotopic (exact) mass is 1270 g/mol. The van der Waals surface area contributed by atoms with Crippen molar-refractivity contribution in [2.24, 2.45) is 0 Å². The largest absolute Gasteiger partial charge is 0.309 e. The molecule has 4 heterocycles. The van der Waals surface area contributed by atoms with E-state index in [0.717, 1.165) is 11.4 Å². The molecule has 0 aliphatic carbocycles. The first kappa shape index (κ1) is 58.1. The summed E-state index contributed by atoms with van der Waals surface area (Å²) in [7, 11) is 0. The van der Waals surface area contributed by atoms with Crippen molar-refractivity contribution < 1.29 is 0 Å². The molecule has 20 rings (SSSR count). The molecule has 0 fully saturated rings. The summed E-state index contributed by atoms with van der Waals surface area (Å²) in [6.45, 7) is 0. The summed E-state index contributed by atoms with van der Waals surface area (Å²) in [5, 5.41) is 10.1. The second-order valence-corrected chi connectivity index (χ2v) is 26.0. The molecule has 0 aliphatic heterocycles. The zero-order valence-corrected chi connectivity index (χ0v) is 54.7. The van der Waals surface area contributed by atoms with E-state index >= 15 is 0 Å². The molecular weight excluding hydrogens is 1210 g/mol. The van der Waals surface area contributed by atoms with E-state index in [9.17, 15) is 0 Å². The minimum Gasteiger partial charge on any atom is -0.309 e. The van der Waals surface area contributed by atoms with Gasteiger partial charge in [0.05, 0.1) is 44.1 Å². The number of nitrogens with zero attached hydrogens (tertiary/aromatic N) is 4. The summed E-state index contributed by atoms with van der Waals surface area (Å²) in [5.74, 6) is 0. The number of para-hydroxylation sites is 6. The highest BCUT2D eigenvalue weighted by atomic mass is 15.0. The van der Waals surface area contributed by atoms with E-state index < -0.39 is 0 Å². The highest BCUT2D eigenvalue weighted by Crippen LogP contribution is 2.42. The number of benzene rings is 16. The topological polar surface area (TPSA) is 19.7 Å². The average Bonchev–Trinajstić information content (AvgIpc) is 1.60. The summed E-state index contributed by atoms with van der Waals surface area (Å²) >= 11 is 0. The van der Waals surface area contributed by atoms with Crippen molar-refractivity contribution in [2.75, 3.05) is 0 Å². The first-order chi connectivity index (χ1) is 49.6. The van der Waals surface area contributed by atoms with Crippen LogP contribution in [0.3, 0.4) is 0 Å². The zero-order valence-electron chi connectivity index (χ0n) is 54.7. The highest BCUT2D eigenvalue weighted by Gasteiger charge is 2.20. The van der Waals surface area contributed by atoms with Crippen LogP contribution in [0.5, 0.6) is 0 Å². The maximum Gasteiger partial charge on any atom is 0.0547 e. The number of fused-ring (bicyclic) bond motifs is 12. The summed E-state index contributed by atoms with van der Waals surface area (Å²) in [6.07, 6.45) is 0. The van der Waals surface area contributed by atoms with E-state index in [-0.39, 0.29) is 0 Å². The molecule has 0 saturated carbocycles. The fourth-order valence-corrected chi connectivity index (χ4v) is 15.5. The molecule has 16 aromatic carbocycles. The predicted molar refractivity (Wildman–Crippen MR) is 423 cm³/mol. The molecule has 4 heteroatoms. The molecule has 4 aromatic heterocycles. The van der Waals surface area contributed by atoms with Gasteiger partial charge in [0.25, 0.3) is 0 Å². The van der Waals surface area contributed by atoms with Crippen LogP contribution in [0.25, 0.3) is 177 Å². The van der Waals surface area contributed by atoms with Crippen molar-refractivity contribution >= 4 is 87.2 Å². The van der Waals surface area contributed by atoms with Crippen molar-refractivity contribution in [1.29, 1.82) is 0 Å². The maximum atomic E-state index is 2.43. The van der Waals surface area contributed by atoms with E-state index in [0.29, 0.717) is 0 Å².